The van der Waals surface area contributed by atoms with Gasteiger partial charge in [0.1, 0.15) is 0 Å². The average molecular weight is 240 g/mol. The number of aliphatic hydroxyl groups is 1. The van der Waals surface area contributed by atoms with Crippen LogP contribution < -0.4 is 10.6 Å². The molecule has 0 aromatic heterocycles. The maximum atomic E-state index is 11.8. The van der Waals surface area contributed by atoms with E-state index in [1.165, 1.54) is 19.3 Å². The summed E-state index contributed by atoms with van der Waals surface area (Å²) in [5.41, 5.74) is 0. The second-order valence-corrected chi connectivity index (χ2v) is 5.46. The predicted molar refractivity (Wildman–Crippen MR) is 66.8 cm³/mol. The van der Waals surface area contributed by atoms with Crippen LogP contribution in [0.1, 0.15) is 57.8 Å². The molecule has 17 heavy (non-hydrogen) atoms. The summed E-state index contributed by atoms with van der Waals surface area (Å²) in [4.78, 5) is 11.8. The van der Waals surface area contributed by atoms with Crippen molar-refractivity contribution in [2.24, 2.45) is 0 Å². The number of hydrogen-bond acceptors (Lipinski definition) is 2. The topological polar surface area (TPSA) is 61.4 Å². The van der Waals surface area contributed by atoms with Gasteiger partial charge in [0.15, 0.2) is 0 Å². The van der Waals surface area contributed by atoms with Gasteiger partial charge in [-0.1, -0.05) is 19.3 Å². The minimum atomic E-state index is -0.158. The Hall–Kier alpha value is -0.770. The monoisotopic (exact) mass is 240 g/mol. The largest absolute Gasteiger partial charge is 0.393 e. The zero-order chi connectivity index (χ0) is 12.1. The molecule has 2 aliphatic carbocycles. The maximum Gasteiger partial charge on any atom is 0.315 e. The lowest BCUT2D eigenvalue weighted by molar-refractivity contribution is 0.117. The van der Waals surface area contributed by atoms with Crippen LogP contribution in [0.2, 0.25) is 0 Å². The first-order valence-electron chi connectivity index (χ1n) is 6.99. The first-order chi connectivity index (χ1) is 8.24. The quantitative estimate of drug-likeness (QED) is 0.690. The first kappa shape index (κ1) is 12.7. The number of carbonyl (C=O) groups is 1. The molecular formula is C13H24N2O2. The normalized spacial score (nSPS) is 30.9. The van der Waals surface area contributed by atoms with Crippen LogP contribution in [0.25, 0.3) is 0 Å². The van der Waals surface area contributed by atoms with E-state index in [2.05, 4.69) is 10.6 Å². The highest BCUT2D eigenvalue weighted by atomic mass is 16.3. The molecule has 0 atom stereocenters. The zero-order valence-electron chi connectivity index (χ0n) is 10.5. The second kappa shape index (κ2) is 6.24. The summed E-state index contributed by atoms with van der Waals surface area (Å²) in [6, 6.07) is 0.609. The minimum Gasteiger partial charge on any atom is -0.393 e. The SMILES string of the molecule is O=C(NC1CCCCC1)NC1CCC(O)CC1. The molecule has 2 saturated carbocycles. The van der Waals surface area contributed by atoms with Crippen LogP contribution in [-0.2, 0) is 0 Å². The van der Waals surface area contributed by atoms with Crippen molar-refractivity contribution in [1.82, 2.24) is 10.6 Å². The highest BCUT2D eigenvalue weighted by Gasteiger charge is 2.22. The summed E-state index contributed by atoms with van der Waals surface area (Å²) in [6.07, 6.45) is 9.30. The standard InChI is InChI=1S/C13H24N2O2/c16-12-8-6-11(7-9-12)15-13(17)14-10-4-2-1-3-5-10/h10-12,16H,1-9H2,(H2,14,15,17). The lowest BCUT2D eigenvalue weighted by Gasteiger charge is -2.28. The number of amides is 2. The van der Waals surface area contributed by atoms with Gasteiger partial charge in [0.05, 0.1) is 6.10 Å². The molecule has 0 spiro atoms. The van der Waals surface area contributed by atoms with Gasteiger partial charge in [-0.2, -0.15) is 0 Å². The molecule has 0 radical (unpaired) electrons. The molecule has 2 fully saturated rings. The van der Waals surface area contributed by atoms with Crippen molar-refractivity contribution < 1.29 is 9.90 Å². The number of carbonyl (C=O) groups excluding carboxylic acids is 1. The molecular weight excluding hydrogens is 216 g/mol. The fraction of sp³-hybridized carbons (Fsp3) is 0.923. The Morgan fingerprint density at radius 2 is 1.35 bits per heavy atom. The van der Waals surface area contributed by atoms with Gasteiger partial charge in [0, 0.05) is 12.1 Å². The summed E-state index contributed by atoms with van der Waals surface area (Å²) < 4.78 is 0. The maximum absolute atomic E-state index is 11.8. The molecule has 0 aliphatic heterocycles. The first-order valence-corrected chi connectivity index (χ1v) is 6.99. The second-order valence-electron chi connectivity index (χ2n) is 5.46. The Morgan fingerprint density at radius 1 is 0.824 bits per heavy atom. The molecule has 2 amide bonds. The van der Waals surface area contributed by atoms with E-state index in [1.807, 2.05) is 0 Å². The van der Waals surface area contributed by atoms with E-state index in [-0.39, 0.29) is 18.2 Å². The fourth-order valence-electron chi connectivity index (χ4n) is 2.88. The molecule has 4 heteroatoms. The molecule has 4 nitrogen and oxygen atoms in total. The molecule has 0 bridgehead atoms. The van der Waals surface area contributed by atoms with Crippen molar-refractivity contribution in [3.63, 3.8) is 0 Å². The van der Waals surface area contributed by atoms with Gasteiger partial charge in [-0.25, -0.2) is 4.79 Å². The van der Waals surface area contributed by atoms with Gasteiger partial charge < -0.3 is 15.7 Å². The molecule has 2 rings (SSSR count). The molecule has 0 heterocycles. The molecule has 0 unspecified atom stereocenters. The Bertz CT molecular complexity index is 244. The van der Waals surface area contributed by atoms with E-state index in [1.54, 1.807) is 0 Å². The van der Waals surface area contributed by atoms with Crippen LogP contribution in [0.15, 0.2) is 0 Å². The van der Waals surface area contributed by atoms with E-state index in [0.717, 1.165) is 38.5 Å². The van der Waals surface area contributed by atoms with E-state index < -0.39 is 0 Å². The summed E-state index contributed by atoms with van der Waals surface area (Å²) >= 11 is 0. The van der Waals surface area contributed by atoms with Crippen LogP contribution in [-0.4, -0.2) is 29.3 Å². The van der Waals surface area contributed by atoms with Crippen LogP contribution in [0.5, 0.6) is 0 Å². The van der Waals surface area contributed by atoms with Crippen molar-refractivity contribution in [2.45, 2.75) is 76.0 Å². The van der Waals surface area contributed by atoms with E-state index in [9.17, 15) is 9.90 Å². The van der Waals surface area contributed by atoms with Crippen LogP contribution in [0, 0.1) is 0 Å². The lowest BCUT2D eigenvalue weighted by atomic mass is 9.93. The van der Waals surface area contributed by atoms with Gasteiger partial charge >= 0.3 is 6.03 Å². The number of aliphatic hydroxyl groups excluding tert-OH is 1. The smallest absolute Gasteiger partial charge is 0.315 e. The highest BCUT2D eigenvalue weighted by molar-refractivity contribution is 5.74. The Labute approximate surface area is 103 Å². The summed E-state index contributed by atoms with van der Waals surface area (Å²) in [7, 11) is 0. The summed E-state index contributed by atoms with van der Waals surface area (Å²) in [6.45, 7) is 0. The van der Waals surface area contributed by atoms with Crippen LogP contribution in [0.3, 0.4) is 0 Å². The third-order valence-corrected chi connectivity index (χ3v) is 3.97. The summed E-state index contributed by atoms with van der Waals surface area (Å²) in [5.74, 6) is 0. The number of urea groups is 1. The Morgan fingerprint density at radius 3 is 1.94 bits per heavy atom. The number of nitrogens with one attached hydrogen (secondary N) is 2. The van der Waals surface area contributed by atoms with Crippen LogP contribution >= 0.6 is 0 Å². The Kier molecular flexibility index (Phi) is 4.66. The van der Waals surface area contributed by atoms with Gasteiger partial charge in [-0.3, -0.25) is 0 Å². The van der Waals surface area contributed by atoms with Gasteiger partial charge in [-0.15, -0.1) is 0 Å². The van der Waals surface area contributed by atoms with Gasteiger partial charge in [0.2, 0.25) is 0 Å². The lowest BCUT2D eigenvalue weighted by Crippen LogP contribution is -2.48. The molecule has 0 saturated heterocycles. The van der Waals surface area contributed by atoms with Crippen molar-refractivity contribution in [3.05, 3.63) is 0 Å². The van der Waals surface area contributed by atoms with Crippen molar-refractivity contribution in [1.29, 1.82) is 0 Å². The molecule has 0 aromatic rings. The third kappa shape index (κ3) is 4.19. The van der Waals surface area contributed by atoms with E-state index in [0.29, 0.717) is 6.04 Å². The molecule has 0 aromatic carbocycles. The fourth-order valence-corrected chi connectivity index (χ4v) is 2.88. The minimum absolute atomic E-state index is 0.0155. The van der Waals surface area contributed by atoms with E-state index >= 15 is 0 Å². The Balaban J connectivity index is 1.66. The molecule has 2 aliphatic rings. The molecule has 3 N–H and O–H groups in total. The number of rotatable bonds is 2. The van der Waals surface area contributed by atoms with Crippen molar-refractivity contribution >= 4 is 6.03 Å². The molecule has 98 valence electrons. The van der Waals surface area contributed by atoms with Crippen molar-refractivity contribution in [3.8, 4) is 0 Å². The van der Waals surface area contributed by atoms with Crippen LogP contribution in [0.4, 0.5) is 4.79 Å². The van der Waals surface area contributed by atoms with Crippen molar-refractivity contribution in [2.75, 3.05) is 0 Å². The summed E-state index contributed by atoms with van der Waals surface area (Å²) in [5, 5.41) is 15.5. The zero-order valence-corrected chi connectivity index (χ0v) is 10.5. The highest BCUT2D eigenvalue weighted by Crippen LogP contribution is 2.19. The van der Waals surface area contributed by atoms with E-state index in [4.69, 9.17) is 0 Å². The third-order valence-electron chi connectivity index (χ3n) is 3.97. The van der Waals surface area contributed by atoms with Gasteiger partial charge in [-0.05, 0) is 38.5 Å². The van der Waals surface area contributed by atoms with Gasteiger partial charge in [0.25, 0.3) is 0 Å². The number of hydrogen-bond donors (Lipinski definition) is 3. The average Bonchev–Trinajstić information content (AvgIpc) is 2.33. The predicted octanol–water partition coefficient (Wildman–Crippen LogP) is 1.92.